The van der Waals surface area contributed by atoms with Crippen LogP contribution in [0.3, 0.4) is 0 Å². The number of fused-ring (bicyclic) bond motifs is 3. The number of carboxylic acids is 1. The Labute approximate surface area is 176 Å². The Morgan fingerprint density at radius 1 is 1.03 bits per heavy atom. The van der Waals surface area contributed by atoms with Gasteiger partial charge in [-0.1, -0.05) is 64.5 Å². The lowest BCUT2D eigenvalue weighted by Crippen LogP contribution is -2.19. The number of amides is 1. The highest BCUT2D eigenvalue weighted by molar-refractivity contribution is 9.10. The second-order valence-corrected chi connectivity index (χ2v) is 7.80. The van der Waals surface area contributed by atoms with Gasteiger partial charge in [-0.05, 0) is 46.9 Å². The molecule has 0 spiro atoms. The van der Waals surface area contributed by atoms with Crippen molar-refractivity contribution in [1.82, 2.24) is 0 Å². The molecule has 0 heterocycles. The summed E-state index contributed by atoms with van der Waals surface area (Å²) in [6.45, 7) is 1.84. The highest BCUT2D eigenvalue weighted by Crippen LogP contribution is 2.44. The number of anilines is 1. The van der Waals surface area contributed by atoms with E-state index >= 15 is 0 Å². The zero-order valence-electron chi connectivity index (χ0n) is 15.6. The van der Waals surface area contributed by atoms with Gasteiger partial charge in [-0.15, -0.1) is 0 Å². The van der Waals surface area contributed by atoms with Gasteiger partial charge in [0.15, 0.2) is 0 Å². The van der Waals surface area contributed by atoms with Gasteiger partial charge in [0.05, 0.1) is 5.56 Å². The average molecular weight is 452 g/mol. The number of benzene rings is 3. The molecule has 0 unspecified atom stereocenters. The van der Waals surface area contributed by atoms with Gasteiger partial charge in [0.1, 0.15) is 6.61 Å². The average Bonchev–Trinajstić information content (AvgIpc) is 3.02. The molecule has 4 rings (SSSR count). The molecule has 0 saturated carbocycles. The predicted molar refractivity (Wildman–Crippen MR) is 115 cm³/mol. The summed E-state index contributed by atoms with van der Waals surface area (Å²) in [5.74, 6) is -1.09. The largest absolute Gasteiger partial charge is 0.478 e. The lowest BCUT2D eigenvalue weighted by Gasteiger charge is -2.16. The normalized spacial score (nSPS) is 12.2. The molecule has 1 aliphatic carbocycles. The SMILES string of the molecule is Cc1c(NC(=O)OCC2c3ccccc3-c3ccccc32)cc(Br)cc1C(=O)O. The molecule has 3 aromatic rings. The minimum atomic E-state index is -1.06. The molecule has 5 nitrogen and oxygen atoms in total. The Morgan fingerprint density at radius 3 is 2.21 bits per heavy atom. The van der Waals surface area contributed by atoms with Crippen molar-refractivity contribution in [1.29, 1.82) is 0 Å². The third kappa shape index (κ3) is 3.63. The molecule has 0 saturated heterocycles. The highest BCUT2D eigenvalue weighted by atomic mass is 79.9. The molecule has 6 heteroatoms. The lowest BCUT2D eigenvalue weighted by atomic mass is 9.98. The molecule has 1 aliphatic rings. The van der Waals surface area contributed by atoms with Gasteiger partial charge in [-0.3, -0.25) is 5.32 Å². The smallest absolute Gasteiger partial charge is 0.411 e. The number of carbonyl (C=O) groups excluding carboxylic acids is 1. The minimum Gasteiger partial charge on any atom is -0.478 e. The first-order valence-electron chi connectivity index (χ1n) is 9.11. The fourth-order valence-electron chi connectivity index (χ4n) is 3.78. The van der Waals surface area contributed by atoms with E-state index in [0.29, 0.717) is 15.7 Å². The Kier molecular flexibility index (Phi) is 5.11. The van der Waals surface area contributed by atoms with E-state index < -0.39 is 12.1 Å². The number of aromatic carboxylic acids is 1. The van der Waals surface area contributed by atoms with Crippen molar-refractivity contribution in [3.05, 3.63) is 87.4 Å². The number of carboxylic acid groups (broad SMARTS) is 1. The van der Waals surface area contributed by atoms with Crippen LogP contribution in [0.4, 0.5) is 10.5 Å². The van der Waals surface area contributed by atoms with Crippen LogP contribution in [0.1, 0.15) is 33.0 Å². The van der Waals surface area contributed by atoms with E-state index in [1.54, 1.807) is 13.0 Å². The number of halogens is 1. The maximum atomic E-state index is 12.4. The standard InChI is InChI=1S/C23H18BrNO4/c1-13-19(22(26)27)10-14(24)11-21(13)25-23(28)29-12-20-17-8-4-2-6-15(17)16-7-3-5-9-18(16)20/h2-11,20H,12H2,1H3,(H,25,28)(H,26,27). The molecular formula is C23H18BrNO4. The summed E-state index contributed by atoms with van der Waals surface area (Å²) < 4.78 is 6.09. The van der Waals surface area contributed by atoms with Gasteiger partial charge < -0.3 is 9.84 Å². The number of ether oxygens (including phenoxy) is 1. The fourth-order valence-corrected chi connectivity index (χ4v) is 4.23. The molecule has 0 bridgehead atoms. The molecule has 0 radical (unpaired) electrons. The summed E-state index contributed by atoms with van der Waals surface area (Å²) >= 11 is 3.28. The lowest BCUT2D eigenvalue weighted by molar-refractivity contribution is 0.0696. The van der Waals surface area contributed by atoms with E-state index in [-0.39, 0.29) is 18.1 Å². The Morgan fingerprint density at radius 2 is 1.62 bits per heavy atom. The van der Waals surface area contributed by atoms with Gasteiger partial charge in [-0.25, -0.2) is 9.59 Å². The van der Waals surface area contributed by atoms with Gasteiger partial charge in [0, 0.05) is 16.1 Å². The zero-order valence-corrected chi connectivity index (χ0v) is 17.2. The summed E-state index contributed by atoms with van der Waals surface area (Å²) in [7, 11) is 0. The predicted octanol–water partition coefficient (Wildman–Crippen LogP) is 5.82. The molecule has 1 amide bonds. The van der Waals surface area contributed by atoms with Crippen LogP contribution in [0.5, 0.6) is 0 Å². The van der Waals surface area contributed by atoms with Crippen LogP contribution in [-0.2, 0) is 4.74 Å². The number of hydrogen-bond acceptors (Lipinski definition) is 3. The quantitative estimate of drug-likeness (QED) is 0.524. The van der Waals surface area contributed by atoms with Crippen LogP contribution in [0.2, 0.25) is 0 Å². The maximum absolute atomic E-state index is 12.4. The first-order valence-corrected chi connectivity index (χ1v) is 9.90. The van der Waals surface area contributed by atoms with E-state index in [1.165, 1.54) is 6.07 Å². The molecule has 29 heavy (non-hydrogen) atoms. The van der Waals surface area contributed by atoms with Crippen molar-refractivity contribution in [2.75, 3.05) is 11.9 Å². The monoisotopic (exact) mass is 451 g/mol. The van der Waals surface area contributed by atoms with Crippen molar-refractivity contribution in [3.8, 4) is 11.1 Å². The Hall–Kier alpha value is -3.12. The van der Waals surface area contributed by atoms with Crippen LogP contribution >= 0.6 is 15.9 Å². The number of hydrogen-bond donors (Lipinski definition) is 2. The molecule has 2 N–H and O–H groups in total. The third-order valence-corrected chi connectivity index (χ3v) is 5.64. The van der Waals surface area contributed by atoms with Crippen LogP contribution in [-0.4, -0.2) is 23.8 Å². The third-order valence-electron chi connectivity index (χ3n) is 5.18. The van der Waals surface area contributed by atoms with Gasteiger partial charge in [0.25, 0.3) is 0 Å². The summed E-state index contributed by atoms with van der Waals surface area (Å²) in [6.07, 6.45) is -0.621. The Bertz CT molecular complexity index is 1080. The van der Waals surface area contributed by atoms with E-state index in [0.717, 1.165) is 22.3 Å². The number of nitrogens with one attached hydrogen (secondary N) is 1. The van der Waals surface area contributed by atoms with Gasteiger partial charge in [0.2, 0.25) is 0 Å². The van der Waals surface area contributed by atoms with Crippen molar-refractivity contribution in [2.24, 2.45) is 0 Å². The maximum Gasteiger partial charge on any atom is 0.411 e. The minimum absolute atomic E-state index is 0.0358. The molecule has 0 atom stereocenters. The van der Waals surface area contributed by atoms with Gasteiger partial charge >= 0.3 is 12.1 Å². The van der Waals surface area contributed by atoms with Crippen LogP contribution in [0, 0.1) is 6.92 Å². The first kappa shape index (κ1) is 19.2. The topological polar surface area (TPSA) is 75.6 Å². The molecular weight excluding hydrogens is 434 g/mol. The second-order valence-electron chi connectivity index (χ2n) is 6.88. The van der Waals surface area contributed by atoms with Crippen LogP contribution in [0.25, 0.3) is 11.1 Å². The van der Waals surface area contributed by atoms with E-state index in [9.17, 15) is 14.7 Å². The highest BCUT2D eigenvalue weighted by Gasteiger charge is 2.29. The van der Waals surface area contributed by atoms with Crippen molar-refractivity contribution in [2.45, 2.75) is 12.8 Å². The first-order chi connectivity index (χ1) is 14.0. The summed E-state index contributed by atoms with van der Waals surface area (Å²) in [6, 6.07) is 19.4. The van der Waals surface area contributed by atoms with Crippen LogP contribution < -0.4 is 5.32 Å². The molecule has 0 aliphatic heterocycles. The van der Waals surface area contributed by atoms with Crippen molar-refractivity contribution in [3.63, 3.8) is 0 Å². The van der Waals surface area contributed by atoms with Crippen molar-refractivity contribution >= 4 is 33.7 Å². The second kappa shape index (κ2) is 7.72. The molecule has 146 valence electrons. The van der Waals surface area contributed by atoms with E-state index in [1.807, 2.05) is 24.3 Å². The number of rotatable bonds is 4. The molecule has 3 aromatic carbocycles. The zero-order chi connectivity index (χ0) is 20.5. The van der Waals surface area contributed by atoms with Gasteiger partial charge in [-0.2, -0.15) is 0 Å². The summed E-state index contributed by atoms with van der Waals surface area (Å²) in [4.78, 5) is 23.8. The summed E-state index contributed by atoms with van der Waals surface area (Å²) in [5.41, 5.74) is 5.57. The fraction of sp³-hybridized carbons (Fsp3) is 0.130. The Balaban J connectivity index is 1.52. The van der Waals surface area contributed by atoms with E-state index in [2.05, 4.69) is 45.5 Å². The molecule has 0 aromatic heterocycles. The van der Waals surface area contributed by atoms with Crippen molar-refractivity contribution < 1.29 is 19.4 Å². The number of carbonyl (C=O) groups is 2. The summed E-state index contributed by atoms with van der Waals surface area (Å²) in [5, 5.41) is 12.0. The van der Waals surface area contributed by atoms with Crippen LogP contribution in [0.15, 0.2) is 65.1 Å². The molecule has 0 fully saturated rings. The van der Waals surface area contributed by atoms with E-state index in [4.69, 9.17) is 4.74 Å².